The fraction of sp³-hybridized carbons (Fsp3) is 0.133. The monoisotopic (exact) mass is 406 g/mol. The van der Waals surface area contributed by atoms with Crippen LogP contribution in [0.5, 0.6) is 11.5 Å². The number of ether oxygens (including phenoxy) is 2. The molecule has 1 amide bonds. The smallest absolute Gasteiger partial charge is 1.00 e. The minimum Gasteiger partial charge on any atom is -1.00 e. The molecule has 0 bridgehead atoms. The van der Waals surface area contributed by atoms with Crippen LogP contribution in [0.1, 0.15) is 10.4 Å². The van der Waals surface area contributed by atoms with E-state index in [0.717, 1.165) is 0 Å². The SMILES string of the molecule is COc1ccc(OC)c(NNC(=O)c2ccccc2)c1.[Cl-].[Cl-].[Zn+2]. The molecule has 0 saturated carbocycles. The maximum absolute atomic E-state index is 11.9. The van der Waals surface area contributed by atoms with E-state index in [1.807, 2.05) is 6.07 Å². The topological polar surface area (TPSA) is 59.6 Å². The second-order valence-corrected chi connectivity index (χ2v) is 4.01. The number of rotatable bonds is 5. The number of hydrazine groups is 1. The van der Waals surface area contributed by atoms with Crippen LogP contribution in [0, 0.1) is 0 Å². The Bertz CT molecular complexity index is 601. The first-order valence-corrected chi connectivity index (χ1v) is 6.08. The summed E-state index contributed by atoms with van der Waals surface area (Å²) < 4.78 is 10.4. The summed E-state index contributed by atoms with van der Waals surface area (Å²) in [7, 11) is 3.14. The van der Waals surface area contributed by atoms with Crippen molar-refractivity contribution in [3.63, 3.8) is 0 Å². The zero-order chi connectivity index (χ0) is 14.4. The molecule has 0 spiro atoms. The number of carbonyl (C=O) groups is 1. The minimum absolute atomic E-state index is 0. The van der Waals surface area contributed by atoms with E-state index < -0.39 is 0 Å². The van der Waals surface area contributed by atoms with Crippen molar-refractivity contribution < 1.29 is 58.6 Å². The Balaban J connectivity index is 0. The molecule has 0 aliphatic carbocycles. The normalized spacial score (nSPS) is 8.43. The number of amides is 1. The maximum atomic E-state index is 11.9. The molecule has 0 saturated heterocycles. The van der Waals surface area contributed by atoms with Gasteiger partial charge in [0, 0.05) is 11.6 Å². The van der Waals surface area contributed by atoms with Crippen LogP contribution in [0.4, 0.5) is 5.69 Å². The zero-order valence-electron chi connectivity index (χ0n) is 12.8. The van der Waals surface area contributed by atoms with Gasteiger partial charge in [-0.05, 0) is 24.3 Å². The van der Waals surface area contributed by atoms with Crippen LogP contribution < -0.4 is 45.1 Å². The number of halogens is 2. The second-order valence-electron chi connectivity index (χ2n) is 4.01. The molecule has 0 heterocycles. The predicted octanol–water partition coefficient (Wildman–Crippen LogP) is -3.53. The Hall–Kier alpha value is -1.49. The van der Waals surface area contributed by atoms with Crippen molar-refractivity contribution in [3.8, 4) is 11.5 Å². The van der Waals surface area contributed by atoms with Gasteiger partial charge in [-0.2, -0.15) is 0 Å². The predicted molar refractivity (Wildman–Crippen MR) is 77.1 cm³/mol. The van der Waals surface area contributed by atoms with Crippen LogP contribution in [-0.4, -0.2) is 20.1 Å². The molecule has 0 atom stereocenters. The minimum atomic E-state index is -0.226. The second kappa shape index (κ2) is 12.0. The van der Waals surface area contributed by atoms with Gasteiger partial charge in [0.2, 0.25) is 0 Å². The number of carbonyl (C=O) groups excluding carboxylic acids is 1. The van der Waals surface area contributed by atoms with Gasteiger partial charge in [0.1, 0.15) is 11.5 Å². The first kappa shape index (κ1) is 23.8. The van der Waals surface area contributed by atoms with E-state index in [0.29, 0.717) is 22.7 Å². The molecule has 2 aromatic carbocycles. The number of hydrogen-bond acceptors (Lipinski definition) is 4. The van der Waals surface area contributed by atoms with Crippen molar-refractivity contribution in [1.82, 2.24) is 5.43 Å². The van der Waals surface area contributed by atoms with Gasteiger partial charge in [0.25, 0.3) is 5.91 Å². The van der Waals surface area contributed by atoms with Crippen LogP contribution in [0.15, 0.2) is 48.5 Å². The molecule has 120 valence electrons. The Morgan fingerprint density at radius 1 is 0.957 bits per heavy atom. The summed E-state index contributed by atoms with van der Waals surface area (Å²) in [5.41, 5.74) is 6.64. The van der Waals surface area contributed by atoms with Crippen molar-refractivity contribution in [1.29, 1.82) is 0 Å². The van der Waals surface area contributed by atoms with Crippen LogP contribution >= 0.6 is 0 Å². The molecule has 2 aromatic rings. The molecule has 5 nitrogen and oxygen atoms in total. The Morgan fingerprint density at radius 2 is 1.61 bits per heavy atom. The third kappa shape index (κ3) is 6.65. The fourth-order valence-corrected chi connectivity index (χ4v) is 1.70. The van der Waals surface area contributed by atoms with Crippen molar-refractivity contribution in [3.05, 3.63) is 54.1 Å². The molecule has 0 aromatic heterocycles. The Labute approximate surface area is 160 Å². The van der Waals surface area contributed by atoms with Gasteiger partial charge in [0.15, 0.2) is 0 Å². The molecular formula is C15H16Cl2N2O3Zn. The number of benzene rings is 2. The first-order valence-electron chi connectivity index (χ1n) is 6.08. The molecule has 2 N–H and O–H groups in total. The van der Waals surface area contributed by atoms with E-state index >= 15 is 0 Å². The van der Waals surface area contributed by atoms with Gasteiger partial charge in [-0.15, -0.1) is 0 Å². The Morgan fingerprint density at radius 3 is 2.17 bits per heavy atom. The number of methoxy groups -OCH3 is 2. The van der Waals surface area contributed by atoms with Crippen molar-refractivity contribution in [2.24, 2.45) is 0 Å². The summed E-state index contributed by atoms with van der Waals surface area (Å²) in [6, 6.07) is 14.2. The van der Waals surface area contributed by atoms with E-state index in [2.05, 4.69) is 10.9 Å². The van der Waals surface area contributed by atoms with Crippen molar-refractivity contribution in [2.75, 3.05) is 19.6 Å². The van der Waals surface area contributed by atoms with Gasteiger partial charge < -0.3 is 34.3 Å². The van der Waals surface area contributed by atoms with E-state index in [-0.39, 0.29) is 50.2 Å². The molecule has 8 heteroatoms. The number of hydrogen-bond donors (Lipinski definition) is 2. The standard InChI is InChI=1S/C15H16N2O3.2ClH.Zn/c1-19-12-8-9-14(20-2)13(10-12)16-17-15(18)11-6-4-3-5-7-11;;;/h3-10,16H,1-2H3,(H,17,18);2*1H;/q;;;+2/p-2. The average molecular weight is 409 g/mol. The van der Waals surface area contributed by atoms with E-state index in [4.69, 9.17) is 9.47 Å². The van der Waals surface area contributed by atoms with Crippen LogP contribution in [0.2, 0.25) is 0 Å². The summed E-state index contributed by atoms with van der Waals surface area (Å²) in [6.07, 6.45) is 0. The van der Waals surface area contributed by atoms with Gasteiger partial charge in [-0.1, -0.05) is 18.2 Å². The van der Waals surface area contributed by atoms with Crippen LogP contribution in [-0.2, 0) is 19.5 Å². The summed E-state index contributed by atoms with van der Waals surface area (Å²) in [5, 5.41) is 0. The molecule has 23 heavy (non-hydrogen) atoms. The zero-order valence-corrected chi connectivity index (χ0v) is 17.3. The quantitative estimate of drug-likeness (QED) is 0.398. The van der Waals surface area contributed by atoms with Gasteiger partial charge in [-0.3, -0.25) is 15.6 Å². The molecule has 2 rings (SSSR count). The summed E-state index contributed by atoms with van der Waals surface area (Å²) >= 11 is 0. The van der Waals surface area contributed by atoms with E-state index in [9.17, 15) is 4.79 Å². The van der Waals surface area contributed by atoms with Crippen molar-refractivity contribution in [2.45, 2.75) is 0 Å². The van der Waals surface area contributed by atoms with Crippen molar-refractivity contribution >= 4 is 11.6 Å². The molecule has 0 aliphatic heterocycles. The maximum Gasteiger partial charge on any atom is 2.00 e. The first-order chi connectivity index (χ1) is 9.74. The third-order valence-corrected chi connectivity index (χ3v) is 2.75. The molecule has 0 radical (unpaired) electrons. The summed E-state index contributed by atoms with van der Waals surface area (Å²) in [5.74, 6) is 1.05. The summed E-state index contributed by atoms with van der Waals surface area (Å²) in [4.78, 5) is 11.9. The largest absolute Gasteiger partial charge is 2.00 e. The van der Waals surface area contributed by atoms with Gasteiger partial charge in [0.05, 0.1) is 19.9 Å². The number of nitrogens with one attached hydrogen (secondary N) is 2. The molecule has 0 aliphatic rings. The van der Waals surface area contributed by atoms with E-state index in [1.165, 1.54) is 0 Å². The van der Waals surface area contributed by atoms with Gasteiger partial charge >= 0.3 is 19.5 Å². The van der Waals surface area contributed by atoms with E-state index in [1.54, 1.807) is 56.7 Å². The van der Waals surface area contributed by atoms with Gasteiger partial charge in [-0.25, -0.2) is 0 Å². The molecule has 0 fully saturated rings. The molecule has 0 unspecified atom stereocenters. The fourth-order valence-electron chi connectivity index (χ4n) is 1.70. The van der Waals surface area contributed by atoms with Crippen LogP contribution in [0.25, 0.3) is 0 Å². The summed E-state index contributed by atoms with van der Waals surface area (Å²) in [6.45, 7) is 0. The van der Waals surface area contributed by atoms with Crippen LogP contribution in [0.3, 0.4) is 0 Å². The third-order valence-electron chi connectivity index (χ3n) is 2.75. The number of anilines is 1. The Kier molecular flexibility index (Phi) is 12.4. The molecular weight excluding hydrogens is 392 g/mol. The average Bonchev–Trinajstić information content (AvgIpc) is 2.53.